The van der Waals surface area contributed by atoms with Crippen molar-refractivity contribution in [1.82, 2.24) is 24.6 Å². The number of nitrogens with zero attached hydrogens (tertiary/aromatic N) is 5. The maximum atomic E-state index is 15.5. The average molecular weight is 551 g/mol. The monoisotopic (exact) mass is 550 g/mol. The second-order valence-corrected chi connectivity index (χ2v) is 11.5. The Kier molecular flexibility index (Phi) is 7.73. The molecule has 5 rings (SSSR count). The Balaban J connectivity index is 1.41. The summed E-state index contributed by atoms with van der Waals surface area (Å²) in [5.74, 6) is 0.322. The summed E-state index contributed by atoms with van der Waals surface area (Å²) in [5.41, 5.74) is 0.685. The SMILES string of the molecule is C[C@H]1CCOc2cc(F)c(C3CCN(C(=O)OC(C)(C)C)CC3)cc2C(=O)Nc2cccc(n2)-c2nncn2C1. The van der Waals surface area contributed by atoms with Gasteiger partial charge in [-0.15, -0.1) is 10.2 Å². The van der Waals surface area contributed by atoms with E-state index in [1.807, 2.05) is 31.4 Å². The van der Waals surface area contributed by atoms with Gasteiger partial charge in [-0.3, -0.25) is 4.79 Å². The number of halogens is 1. The van der Waals surface area contributed by atoms with Crippen molar-refractivity contribution in [3.63, 3.8) is 0 Å². The first kappa shape index (κ1) is 27.5. The number of pyridine rings is 1. The number of piperidine rings is 1. The van der Waals surface area contributed by atoms with Crippen LogP contribution in [0.2, 0.25) is 0 Å². The van der Waals surface area contributed by atoms with E-state index in [0.717, 1.165) is 0 Å². The Morgan fingerprint density at radius 3 is 2.70 bits per heavy atom. The fourth-order valence-corrected chi connectivity index (χ4v) is 5.08. The van der Waals surface area contributed by atoms with E-state index in [0.29, 0.717) is 68.4 Å². The van der Waals surface area contributed by atoms with Gasteiger partial charge in [0.15, 0.2) is 5.82 Å². The topological polar surface area (TPSA) is 111 Å². The van der Waals surface area contributed by atoms with Crippen LogP contribution in [0.3, 0.4) is 0 Å². The Bertz CT molecular complexity index is 1390. The molecule has 10 nitrogen and oxygen atoms in total. The van der Waals surface area contributed by atoms with Gasteiger partial charge in [0.05, 0.1) is 12.2 Å². The van der Waals surface area contributed by atoms with E-state index in [9.17, 15) is 9.59 Å². The molecule has 1 saturated heterocycles. The summed E-state index contributed by atoms with van der Waals surface area (Å²) in [6.07, 6.45) is 3.08. The molecule has 0 aliphatic carbocycles. The third-order valence-electron chi connectivity index (χ3n) is 7.14. The van der Waals surface area contributed by atoms with Gasteiger partial charge in [0, 0.05) is 25.7 Å². The van der Waals surface area contributed by atoms with Crippen molar-refractivity contribution < 1.29 is 23.5 Å². The van der Waals surface area contributed by atoms with Gasteiger partial charge in [-0.05, 0) is 75.6 Å². The predicted molar refractivity (Wildman–Crippen MR) is 147 cm³/mol. The largest absolute Gasteiger partial charge is 0.493 e. The maximum absolute atomic E-state index is 15.5. The van der Waals surface area contributed by atoms with E-state index in [1.54, 1.807) is 29.4 Å². The molecular formula is C29H35FN6O4. The fraction of sp³-hybridized carbons (Fsp3) is 0.483. The van der Waals surface area contributed by atoms with Crippen LogP contribution in [-0.2, 0) is 11.3 Å². The standard InChI is InChI=1S/C29H35FN6O4/c1-18-10-13-39-24-15-22(30)20(19-8-11-35(12-9-19)28(38)40-29(2,3)4)14-21(24)27(37)33-25-7-5-6-23(32-25)26-34-31-17-36(26)16-18/h5-7,14-15,17-19H,8-13,16H2,1-4H3,(H,32,33,37)/t18-/m0/s1. The van der Waals surface area contributed by atoms with E-state index in [4.69, 9.17) is 9.47 Å². The number of hydrogen-bond acceptors (Lipinski definition) is 7. The zero-order chi connectivity index (χ0) is 28.4. The third-order valence-corrected chi connectivity index (χ3v) is 7.14. The first-order valence-electron chi connectivity index (χ1n) is 13.7. The van der Waals surface area contributed by atoms with Crippen LogP contribution in [0.4, 0.5) is 15.0 Å². The molecule has 1 atom stereocenters. The number of aromatic nitrogens is 4. The first-order valence-corrected chi connectivity index (χ1v) is 13.7. The fourth-order valence-electron chi connectivity index (χ4n) is 5.08. The molecule has 40 heavy (non-hydrogen) atoms. The zero-order valence-corrected chi connectivity index (χ0v) is 23.3. The van der Waals surface area contributed by atoms with Crippen LogP contribution in [0.15, 0.2) is 36.7 Å². The van der Waals surface area contributed by atoms with E-state index in [2.05, 4.69) is 27.4 Å². The number of likely N-dealkylation sites (tertiary alicyclic amines) is 1. The van der Waals surface area contributed by atoms with Gasteiger partial charge in [-0.2, -0.15) is 0 Å². The molecule has 4 heterocycles. The Morgan fingerprint density at radius 1 is 1.18 bits per heavy atom. The molecular weight excluding hydrogens is 515 g/mol. The van der Waals surface area contributed by atoms with E-state index in [-0.39, 0.29) is 29.2 Å². The summed E-state index contributed by atoms with van der Waals surface area (Å²) >= 11 is 0. The van der Waals surface area contributed by atoms with Gasteiger partial charge >= 0.3 is 6.09 Å². The number of amides is 2. The number of hydrogen-bond donors (Lipinski definition) is 1. The summed E-state index contributed by atoms with van der Waals surface area (Å²) in [5, 5.41) is 11.1. The third kappa shape index (κ3) is 6.24. The second kappa shape index (κ2) is 11.2. The van der Waals surface area contributed by atoms with E-state index in [1.165, 1.54) is 6.07 Å². The van der Waals surface area contributed by atoms with Crippen molar-refractivity contribution in [2.45, 2.75) is 65.0 Å². The number of benzene rings is 1. The lowest BCUT2D eigenvalue weighted by atomic mass is 9.88. The van der Waals surface area contributed by atoms with Crippen molar-refractivity contribution in [3.05, 3.63) is 53.6 Å². The van der Waals surface area contributed by atoms with Crippen LogP contribution in [-0.4, -0.2) is 61.9 Å². The molecule has 2 bridgehead atoms. The van der Waals surface area contributed by atoms with Crippen LogP contribution < -0.4 is 10.1 Å². The molecule has 0 spiro atoms. The number of rotatable bonds is 1. The first-order chi connectivity index (χ1) is 19.1. The molecule has 0 radical (unpaired) electrons. The summed E-state index contributed by atoms with van der Waals surface area (Å²) < 4.78 is 28.9. The van der Waals surface area contributed by atoms with Gasteiger partial charge in [-0.1, -0.05) is 13.0 Å². The molecule has 2 aliphatic heterocycles. The predicted octanol–water partition coefficient (Wildman–Crippen LogP) is 5.26. The molecule has 3 aromatic rings. The lowest BCUT2D eigenvalue weighted by Gasteiger charge is -2.34. The Morgan fingerprint density at radius 2 is 1.95 bits per heavy atom. The van der Waals surface area contributed by atoms with E-state index >= 15 is 4.39 Å². The van der Waals surface area contributed by atoms with Gasteiger partial charge in [-0.25, -0.2) is 14.2 Å². The highest BCUT2D eigenvalue weighted by Crippen LogP contribution is 2.35. The number of anilines is 1. The van der Waals surface area contributed by atoms with Crippen LogP contribution in [0.5, 0.6) is 5.75 Å². The highest BCUT2D eigenvalue weighted by molar-refractivity contribution is 6.06. The lowest BCUT2D eigenvalue weighted by molar-refractivity contribution is 0.0204. The summed E-state index contributed by atoms with van der Waals surface area (Å²) in [6.45, 7) is 9.43. The summed E-state index contributed by atoms with van der Waals surface area (Å²) in [4.78, 5) is 32.2. The number of fused-ring (bicyclic) bond motifs is 5. The van der Waals surface area contributed by atoms with Crippen molar-refractivity contribution in [1.29, 1.82) is 0 Å². The molecule has 1 N–H and O–H groups in total. The van der Waals surface area contributed by atoms with E-state index < -0.39 is 17.3 Å². The minimum absolute atomic E-state index is 0.155. The van der Waals surface area contributed by atoms with Crippen LogP contribution >= 0.6 is 0 Å². The van der Waals surface area contributed by atoms with Gasteiger partial charge < -0.3 is 24.3 Å². The second-order valence-electron chi connectivity index (χ2n) is 11.5. The highest BCUT2D eigenvalue weighted by atomic mass is 19.1. The molecule has 1 aromatic carbocycles. The highest BCUT2D eigenvalue weighted by Gasteiger charge is 2.30. The van der Waals surface area contributed by atoms with Crippen LogP contribution in [0, 0.1) is 11.7 Å². The summed E-state index contributed by atoms with van der Waals surface area (Å²) in [6, 6.07) is 8.19. The van der Waals surface area contributed by atoms with Crippen LogP contribution in [0.25, 0.3) is 11.5 Å². The number of nitrogens with one attached hydrogen (secondary N) is 1. The lowest BCUT2D eigenvalue weighted by Crippen LogP contribution is -2.41. The Labute approximate surface area is 232 Å². The van der Waals surface area contributed by atoms with Crippen LogP contribution in [0.1, 0.15) is 68.8 Å². The minimum atomic E-state index is -0.583. The molecule has 1 fully saturated rings. The van der Waals surface area contributed by atoms with Crippen molar-refractivity contribution in [3.8, 4) is 17.3 Å². The smallest absolute Gasteiger partial charge is 0.410 e. The zero-order valence-electron chi connectivity index (χ0n) is 23.3. The molecule has 0 saturated carbocycles. The van der Waals surface area contributed by atoms with Crippen molar-refractivity contribution >= 4 is 17.8 Å². The normalized spacial score (nSPS) is 18.6. The van der Waals surface area contributed by atoms with Crippen molar-refractivity contribution in [2.75, 3.05) is 25.0 Å². The Hall–Kier alpha value is -4.02. The molecule has 2 aromatic heterocycles. The number of carbonyl (C=O) groups excluding carboxylic acids is 2. The number of ether oxygens (including phenoxy) is 2. The van der Waals surface area contributed by atoms with Gasteiger partial charge in [0.1, 0.15) is 35.0 Å². The molecule has 2 amide bonds. The average Bonchev–Trinajstić information content (AvgIpc) is 3.35. The molecule has 0 unspecified atom stereocenters. The molecule has 2 aliphatic rings. The van der Waals surface area contributed by atoms with Crippen molar-refractivity contribution in [2.24, 2.45) is 5.92 Å². The van der Waals surface area contributed by atoms with Gasteiger partial charge in [0.2, 0.25) is 0 Å². The molecule has 11 heteroatoms. The molecule has 212 valence electrons. The minimum Gasteiger partial charge on any atom is -0.493 e. The maximum Gasteiger partial charge on any atom is 0.410 e. The summed E-state index contributed by atoms with van der Waals surface area (Å²) in [7, 11) is 0. The van der Waals surface area contributed by atoms with Gasteiger partial charge in [0.25, 0.3) is 5.91 Å². The number of carbonyl (C=O) groups is 2. The quantitative estimate of drug-likeness (QED) is 0.440.